The normalized spacial score (nSPS) is 8.75. The van der Waals surface area contributed by atoms with Crippen molar-refractivity contribution in [3.63, 3.8) is 0 Å². The van der Waals surface area contributed by atoms with Gasteiger partial charge in [0.25, 0.3) is 0 Å². The molecule has 0 unspecified atom stereocenters. The van der Waals surface area contributed by atoms with Crippen LogP contribution in [0.2, 0.25) is 0 Å². The molecule has 2 N–H and O–H groups in total. The number of hydrogen-bond donors (Lipinski definition) is 2. The summed E-state index contributed by atoms with van der Waals surface area (Å²) in [6.45, 7) is 1.96. The lowest BCUT2D eigenvalue weighted by atomic mass is 10.3. The van der Waals surface area contributed by atoms with E-state index in [9.17, 15) is 4.79 Å². The zero-order valence-corrected chi connectivity index (χ0v) is 6.59. The summed E-state index contributed by atoms with van der Waals surface area (Å²) in [4.78, 5) is 10.0. The summed E-state index contributed by atoms with van der Waals surface area (Å²) >= 11 is 0. The van der Waals surface area contributed by atoms with E-state index in [2.05, 4.69) is 16.1 Å². The maximum atomic E-state index is 10.0. The van der Waals surface area contributed by atoms with E-state index in [1.165, 1.54) is 0 Å². The number of hydrogen-bond acceptors (Lipinski definition) is 2. The van der Waals surface area contributed by atoms with Crippen molar-refractivity contribution in [2.24, 2.45) is 0 Å². The lowest BCUT2D eigenvalue weighted by molar-refractivity contribution is -0.130. The average molecular weight is 164 g/mol. The Hall–Kier alpha value is -1.76. The molecular weight excluding hydrogens is 156 g/mol. The Morgan fingerprint density at radius 2 is 2.58 bits per heavy atom. The Bertz CT molecular complexity index is 343. The van der Waals surface area contributed by atoms with Gasteiger partial charge in [0, 0.05) is 5.92 Å². The number of carboxylic acid groups (broad SMARTS) is 1. The standard InChI is InChI=1S/C8H8N2O2/c1-2-6-5-7(10-9-6)3-4-8(11)12/h5H,2H2,1H3,(H,9,10)(H,11,12). The molecule has 4 nitrogen and oxygen atoms in total. The fourth-order valence-electron chi connectivity index (χ4n) is 0.729. The van der Waals surface area contributed by atoms with Crippen LogP contribution in [0.4, 0.5) is 0 Å². The molecule has 1 aromatic rings. The van der Waals surface area contributed by atoms with Gasteiger partial charge < -0.3 is 5.11 Å². The van der Waals surface area contributed by atoms with Crippen LogP contribution in [0.25, 0.3) is 0 Å². The highest BCUT2D eigenvalue weighted by atomic mass is 16.4. The van der Waals surface area contributed by atoms with Crippen molar-refractivity contribution in [3.8, 4) is 11.8 Å². The number of nitrogens with one attached hydrogen (secondary N) is 1. The highest BCUT2D eigenvalue weighted by molar-refractivity contribution is 5.87. The van der Waals surface area contributed by atoms with Gasteiger partial charge in [-0.3, -0.25) is 5.10 Å². The molecule has 0 aromatic carbocycles. The number of carboxylic acids is 1. The van der Waals surface area contributed by atoms with Crippen molar-refractivity contribution in [2.75, 3.05) is 0 Å². The highest BCUT2D eigenvalue weighted by Crippen LogP contribution is 1.97. The first-order chi connectivity index (χ1) is 5.72. The van der Waals surface area contributed by atoms with E-state index in [1.54, 1.807) is 6.07 Å². The molecule has 1 rings (SSSR count). The Balaban J connectivity index is 2.78. The molecule has 1 heterocycles. The second kappa shape index (κ2) is 3.58. The molecule has 0 bridgehead atoms. The summed E-state index contributed by atoms with van der Waals surface area (Å²) in [6, 6.07) is 1.73. The Labute approximate surface area is 69.6 Å². The van der Waals surface area contributed by atoms with Crippen molar-refractivity contribution in [3.05, 3.63) is 17.5 Å². The first kappa shape index (κ1) is 8.34. The maximum Gasteiger partial charge on any atom is 0.382 e. The second-order valence-corrected chi connectivity index (χ2v) is 2.18. The minimum absolute atomic E-state index is 0.536. The molecule has 0 aliphatic rings. The van der Waals surface area contributed by atoms with Crippen molar-refractivity contribution in [2.45, 2.75) is 13.3 Å². The van der Waals surface area contributed by atoms with Crippen LogP contribution < -0.4 is 0 Å². The average Bonchev–Trinajstić information content (AvgIpc) is 2.48. The molecule has 1 aromatic heterocycles. The van der Waals surface area contributed by atoms with Crippen molar-refractivity contribution >= 4 is 5.97 Å². The summed E-state index contributed by atoms with van der Waals surface area (Å²) in [7, 11) is 0. The van der Waals surface area contributed by atoms with E-state index in [0.717, 1.165) is 12.1 Å². The number of aryl methyl sites for hydroxylation is 1. The van der Waals surface area contributed by atoms with E-state index in [0.29, 0.717) is 5.69 Å². The monoisotopic (exact) mass is 164 g/mol. The molecule has 0 saturated heterocycles. The smallest absolute Gasteiger partial charge is 0.382 e. The molecule has 0 spiro atoms. The number of carbonyl (C=O) groups is 1. The van der Waals surface area contributed by atoms with E-state index >= 15 is 0 Å². The van der Waals surface area contributed by atoms with Crippen molar-refractivity contribution in [1.82, 2.24) is 10.2 Å². The largest absolute Gasteiger partial charge is 0.472 e. The van der Waals surface area contributed by atoms with Crippen LogP contribution in [0, 0.1) is 11.8 Å². The van der Waals surface area contributed by atoms with Crippen LogP contribution in [0.5, 0.6) is 0 Å². The number of aromatic amines is 1. The predicted molar refractivity (Wildman–Crippen MR) is 42.5 cm³/mol. The second-order valence-electron chi connectivity index (χ2n) is 2.18. The Morgan fingerprint density at radius 3 is 3.08 bits per heavy atom. The third kappa shape index (κ3) is 2.13. The minimum atomic E-state index is -1.14. The minimum Gasteiger partial charge on any atom is -0.472 e. The van der Waals surface area contributed by atoms with Gasteiger partial charge in [-0.2, -0.15) is 5.10 Å². The number of nitrogens with zero attached hydrogens (tertiary/aromatic N) is 1. The van der Waals surface area contributed by atoms with Gasteiger partial charge in [-0.05, 0) is 18.4 Å². The van der Waals surface area contributed by atoms with Crippen molar-refractivity contribution in [1.29, 1.82) is 0 Å². The van der Waals surface area contributed by atoms with Crippen LogP contribution in [0.15, 0.2) is 6.07 Å². The third-order valence-corrected chi connectivity index (χ3v) is 1.30. The van der Waals surface area contributed by atoms with Gasteiger partial charge in [-0.25, -0.2) is 4.79 Å². The summed E-state index contributed by atoms with van der Waals surface area (Å²) in [5.41, 5.74) is 1.42. The summed E-state index contributed by atoms with van der Waals surface area (Å²) in [5, 5.41) is 14.7. The van der Waals surface area contributed by atoms with Gasteiger partial charge in [-0.1, -0.05) is 6.92 Å². The van der Waals surface area contributed by atoms with Crippen molar-refractivity contribution < 1.29 is 9.90 Å². The molecule has 62 valence electrons. The quantitative estimate of drug-likeness (QED) is 0.591. The summed E-state index contributed by atoms with van der Waals surface area (Å²) < 4.78 is 0. The third-order valence-electron chi connectivity index (χ3n) is 1.30. The zero-order valence-electron chi connectivity index (χ0n) is 6.59. The molecule has 0 amide bonds. The molecule has 0 fully saturated rings. The van der Waals surface area contributed by atoms with Gasteiger partial charge in [0.2, 0.25) is 0 Å². The van der Waals surface area contributed by atoms with Crippen LogP contribution in [0.1, 0.15) is 18.3 Å². The molecular formula is C8H8N2O2. The maximum absolute atomic E-state index is 10.0. The number of rotatable bonds is 1. The molecule has 0 aliphatic heterocycles. The van der Waals surface area contributed by atoms with Gasteiger partial charge in [0.05, 0.1) is 5.69 Å². The Kier molecular flexibility index (Phi) is 2.49. The number of aliphatic carboxylic acids is 1. The lowest BCUT2D eigenvalue weighted by Gasteiger charge is -1.77. The molecule has 0 aliphatic carbocycles. The van der Waals surface area contributed by atoms with Gasteiger partial charge >= 0.3 is 5.97 Å². The van der Waals surface area contributed by atoms with E-state index < -0.39 is 5.97 Å². The zero-order chi connectivity index (χ0) is 8.97. The molecule has 0 radical (unpaired) electrons. The first-order valence-electron chi connectivity index (χ1n) is 3.51. The van der Waals surface area contributed by atoms with E-state index in [1.807, 2.05) is 12.8 Å². The highest BCUT2D eigenvalue weighted by Gasteiger charge is 1.94. The van der Waals surface area contributed by atoms with Crippen LogP contribution in [0.3, 0.4) is 0 Å². The van der Waals surface area contributed by atoms with Crippen LogP contribution in [-0.4, -0.2) is 21.3 Å². The first-order valence-corrected chi connectivity index (χ1v) is 3.51. The molecule has 12 heavy (non-hydrogen) atoms. The predicted octanol–water partition coefficient (Wildman–Crippen LogP) is 0.408. The van der Waals surface area contributed by atoms with E-state index in [-0.39, 0.29) is 0 Å². The van der Waals surface area contributed by atoms with Gasteiger partial charge in [0.15, 0.2) is 0 Å². The SMILES string of the molecule is CCc1cc(C#CC(=O)O)[nH]n1. The van der Waals surface area contributed by atoms with E-state index in [4.69, 9.17) is 5.11 Å². The number of H-pyrrole nitrogens is 1. The number of aromatic nitrogens is 2. The molecule has 4 heteroatoms. The topological polar surface area (TPSA) is 66.0 Å². The van der Waals surface area contributed by atoms with Crippen LogP contribution in [-0.2, 0) is 11.2 Å². The fourth-order valence-corrected chi connectivity index (χ4v) is 0.729. The summed E-state index contributed by atoms with van der Waals surface area (Å²) in [5.74, 6) is 3.29. The molecule has 0 atom stereocenters. The van der Waals surface area contributed by atoms with Gasteiger partial charge in [-0.15, -0.1) is 0 Å². The van der Waals surface area contributed by atoms with Gasteiger partial charge in [0.1, 0.15) is 5.69 Å². The Morgan fingerprint density at radius 1 is 1.83 bits per heavy atom. The molecule has 0 saturated carbocycles. The van der Waals surface area contributed by atoms with Crippen LogP contribution >= 0.6 is 0 Å². The fraction of sp³-hybridized carbons (Fsp3) is 0.250. The lowest BCUT2D eigenvalue weighted by Crippen LogP contribution is -1.87. The summed E-state index contributed by atoms with van der Waals surface area (Å²) in [6.07, 6.45) is 0.811.